The number of likely N-dealkylation sites (tertiary alicyclic amines) is 1. The van der Waals surface area contributed by atoms with Crippen LogP contribution in [0.25, 0.3) is 0 Å². The molecule has 1 aromatic carbocycles. The highest BCUT2D eigenvalue weighted by molar-refractivity contribution is 5.95. The second kappa shape index (κ2) is 11.6. The average Bonchev–Trinajstić information content (AvgIpc) is 3.55. The number of nitrogens with one attached hydrogen (secondary N) is 3. The molecule has 2 aliphatic rings. The Labute approximate surface area is 219 Å². The zero-order chi connectivity index (χ0) is 27.4. The van der Waals surface area contributed by atoms with Crippen molar-refractivity contribution in [1.82, 2.24) is 21.0 Å². The molecule has 0 bridgehead atoms. The number of amides is 4. The third-order valence-corrected chi connectivity index (χ3v) is 7.77. The molecule has 1 unspecified atom stereocenters. The van der Waals surface area contributed by atoms with E-state index in [1.807, 2.05) is 58.9 Å². The van der Waals surface area contributed by atoms with Crippen molar-refractivity contribution in [1.29, 1.82) is 0 Å². The Hall–Kier alpha value is -2.94. The molecule has 37 heavy (non-hydrogen) atoms. The van der Waals surface area contributed by atoms with Gasteiger partial charge >= 0.3 is 0 Å². The number of nitrogens with zero attached hydrogens (tertiary/aromatic N) is 1. The summed E-state index contributed by atoms with van der Waals surface area (Å²) in [6, 6.07) is 6.65. The predicted octanol–water partition coefficient (Wildman–Crippen LogP) is 2.95. The van der Waals surface area contributed by atoms with Crippen molar-refractivity contribution in [3.8, 4) is 0 Å². The molecular formula is C28H42N4O5. The van der Waals surface area contributed by atoms with E-state index in [0.717, 1.165) is 18.4 Å². The summed E-state index contributed by atoms with van der Waals surface area (Å²) in [5.41, 5.74) is 1.92. The minimum Gasteiger partial charge on any atom is -0.349 e. The fourth-order valence-electron chi connectivity index (χ4n) is 5.33. The highest BCUT2D eigenvalue weighted by atomic mass is 16.5. The van der Waals surface area contributed by atoms with Crippen molar-refractivity contribution in [2.24, 2.45) is 16.7 Å². The Balaban J connectivity index is 1.62. The van der Waals surface area contributed by atoms with Crippen LogP contribution in [0.5, 0.6) is 0 Å². The van der Waals surface area contributed by atoms with E-state index >= 15 is 0 Å². The summed E-state index contributed by atoms with van der Waals surface area (Å²) >= 11 is 0. The van der Waals surface area contributed by atoms with Crippen molar-refractivity contribution in [2.75, 3.05) is 13.1 Å². The van der Waals surface area contributed by atoms with Gasteiger partial charge in [0.2, 0.25) is 17.7 Å². The summed E-state index contributed by atoms with van der Waals surface area (Å²) in [5, 5.41) is 15.1. The molecule has 1 aromatic rings. The number of hydrogen-bond donors (Lipinski definition) is 4. The molecule has 9 nitrogen and oxygen atoms in total. The minimum absolute atomic E-state index is 0.0259. The highest BCUT2D eigenvalue weighted by Gasteiger charge is 2.60. The molecule has 0 radical (unpaired) electrons. The average molecular weight is 515 g/mol. The van der Waals surface area contributed by atoms with Crippen molar-refractivity contribution >= 4 is 23.6 Å². The van der Waals surface area contributed by atoms with Crippen molar-refractivity contribution in [3.05, 3.63) is 35.4 Å². The lowest BCUT2D eigenvalue weighted by molar-refractivity contribution is -0.143. The monoisotopic (exact) mass is 514 g/mol. The maximum atomic E-state index is 13.6. The van der Waals surface area contributed by atoms with Crippen LogP contribution in [0.15, 0.2) is 24.3 Å². The van der Waals surface area contributed by atoms with E-state index in [4.69, 9.17) is 5.21 Å². The fourth-order valence-corrected chi connectivity index (χ4v) is 5.33. The molecule has 3 atom stereocenters. The van der Waals surface area contributed by atoms with E-state index in [1.54, 1.807) is 10.4 Å². The lowest BCUT2D eigenvalue weighted by atomic mass is 9.84. The molecule has 1 heterocycles. The largest absolute Gasteiger partial charge is 0.349 e. The molecule has 3 rings (SSSR count). The first-order chi connectivity index (χ1) is 17.4. The van der Waals surface area contributed by atoms with E-state index in [0.29, 0.717) is 37.9 Å². The molecule has 0 spiro atoms. The van der Waals surface area contributed by atoms with E-state index in [1.165, 1.54) is 0 Å². The zero-order valence-corrected chi connectivity index (χ0v) is 22.7. The van der Waals surface area contributed by atoms with Gasteiger partial charge in [-0.1, -0.05) is 51.8 Å². The molecule has 4 N–H and O–H groups in total. The van der Waals surface area contributed by atoms with Crippen LogP contribution in [0.1, 0.15) is 82.1 Å². The topological polar surface area (TPSA) is 128 Å². The molecule has 2 fully saturated rings. The van der Waals surface area contributed by atoms with Gasteiger partial charge in [0.15, 0.2) is 0 Å². The fraction of sp³-hybridized carbons (Fsp3) is 0.643. The lowest BCUT2D eigenvalue weighted by Gasteiger charge is -2.39. The maximum absolute atomic E-state index is 13.6. The molecule has 1 aliphatic carbocycles. The van der Waals surface area contributed by atoms with Crippen LogP contribution in [0.3, 0.4) is 0 Å². The number of hydroxylamine groups is 1. The number of rotatable bonds is 9. The Morgan fingerprint density at radius 1 is 1.11 bits per heavy atom. The van der Waals surface area contributed by atoms with Gasteiger partial charge in [-0.05, 0) is 56.1 Å². The van der Waals surface area contributed by atoms with Gasteiger partial charge in [0.1, 0.15) is 6.04 Å². The molecule has 1 aliphatic heterocycles. The molecule has 4 amide bonds. The number of carbonyl (C=O) groups excluding carboxylic acids is 4. The van der Waals surface area contributed by atoms with Gasteiger partial charge in [0.25, 0.3) is 5.91 Å². The van der Waals surface area contributed by atoms with Gasteiger partial charge in [-0.15, -0.1) is 0 Å². The quantitative estimate of drug-likeness (QED) is 0.298. The third kappa shape index (κ3) is 6.89. The van der Waals surface area contributed by atoms with E-state index in [-0.39, 0.29) is 36.1 Å². The number of aryl methyl sites for hydroxylation is 1. The van der Waals surface area contributed by atoms with E-state index < -0.39 is 22.8 Å². The van der Waals surface area contributed by atoms with Crippen LogP contribution in [-0.4, -0.2) is 58.9 Å². The summed E-state index contributed by atoms with van der Waals surface area (Å²) in [7, 11) is 0. The van der Waals surface area contributed by atoms with Gasteiger partial charge in [-0.25, -0.2) is 5.48 Å². The maximum Gasteiger partial charge on any atom is 0.251 e. The molecule has 0 aromatic heterocycles. The first kappa shape index (κ1) is 28.6. The van der Waals surface area contributed by atoms with E-state index in [9.17, 15) is 19.2 Å². The smallest absolute Gasteiger partial charge is 0.251 e. The van der Waals surface area contributed by atoms with Gasteiger partial charge in [-0.2, -0.15) is 0 Å². The first-order valence-electron chi connectivity index (χ1n) is 13.3. The number of piperidine rings is 1. The Kier molecular flexibility index (Phi) is 9.00. The van der Waals surface area contributed by atoms with Crippen LogP contribution in [-0.2, 0) is 14.4 Å². The second-order valence-corrected chi connectivity index (χ2v) is 11.8. The van der Waals surface area contributed by atoms with Crippen molar-refractivity contribution < 1.29 is 24.4 Å². The van der Waals surface area contributed by atoms with E-state index in [2.05, 4.69) is 10.6 Å². The van der Waals surface area contributed by atoms with Crippen molar-refractivity contribution in [3.63, 3.8) is 0 Å². The summed E-state index contributed by atoms with van der Waals surface area (Å²) in [6.45, 7) is 10.7. The third-order valence-electron chi connectivity index (χ3n) is 7.77. The summed E-state index contributed by atoms with van der Waals surface area (Å²) in [4.78, 5) is 53.3. The van der Waals surface area contributed by atoms with Crippen LogP contribution in [0.4, 0.5) is 0 Å². The standard InChI is InChI=1S/C28H42N4O5/c1-6-7-20-16-28(20,17-22(33)31-37)26(36)30-23(27(3,4)5)25(35)32-14-12-21(13-15-32)29-24(34)19-10-8-18(2)9-11-19/h8-11,20-21,23,37H,6-7,12-17H2,1-5H3,(H,29,34)(H,30,36)(H,31,33)/t20?,23-,28-/m1/s1. The Bertz CT molecular complexity index is 995. The molecule has 1 saturated carbocycles. The predicted molar refractivity (Wildman–Crippen MR) is 140 cm³/mol. The zero-order valence-electron chi connectivity index (χ0n) is 22.7. The van der Waals surface area contributed by atoms with Gasteiger partial charge < -0.3 is 15.5 Å². The number of benzene rings is 1. The summed E-state index contributed by atoms with van der Waals surface area (Å²) in [5.74, 6) is -1.12. The Morgan fingerprint density at radius 3 is 2.27 bits per heavy atom. The normalized spacial score (nSPS) is 22.6. The molecule has 9 heteroatoms. The highest BCUT2D eigenvalue weighted by Crippen LogP contribution is 2.58. The van der Waals surface area contributed by atoms with Crippen LogP contribution in [0.2, 0.25) is 0 Å². The second-order valence-electron chi connectivity index (χ2n) is 11.8. The minimum atomic E-state index is -0.889. The summed E-state index contributed by atoms with van der Waals surface area (Å²) < 4.78 is 0. The molecule has 1 saturated heterocycles. The van der Waals surface area contributed by atoms with Gasteiger partial charge in [0.05, 0.1) is 5.41 Å². The summed E-state index contributed by atoms with van der Waals surface area (Å²) in [6.07, 6.45) is 3.43. The Morgan fingerprint density at radius 2 is 1.73 bits per heavy atom. The van der Waals surface area contributed by atoms with Gasteiger partial charge in [-0.3, -0.25) is 24.4 Å². The van der Waals surface area contributed by atoms with Crippen LogP contribution in [0, 0.1) is 23.7 Å². The number of carbonyl (C=O) groups is 4. The molecular weight excluding hydrogens is 472 g/mol. The SMILES string of the molecule is CCCC1C[C@]1(CC(=O)NO)C(=O)N[C@H](C(=O)N1CCC(NC(=O)c2ccc(C)cc2)CC1)C(C)(C)C. The van der Waals surface area contributed by atoms with Crippen LogP contribution >= 0.6 is 0 Å². The lowest BCUT2D eigenvalue weighted by Crippen LogP contribution is -2.58. The molecule has 204 valence electrons. The van der Waals surface area contributed by atoms with Crippen LogP contribution < -0.4 is 16.1 Å². The van der Waals surface area contributed by atoms with Crippen molar-refractivity contribution in [2.45, 2.75) is 85.2 Å². The number of hydrogen-bond acceptors (Lipinski definition) is 5. The first-order valence-corrected chi connectivity index (χ1v) is 13.3. The van der Waals surface area contributed by atoms with Gasteiger partial charge in [0, 0.05) is 31.1 Å².